The smallest absolute Gasteiger partial charge is 0.324 e. The zero-order chi connectivity index (χ0) is 28.3. The molecule has 0 aliphatic rings. The molecule has 11 heteroatoms. The van der Waals surface area contributed by atoms with Gasteiger partial charge >= 0.3 is 6.03 Å². The number of nitrogens with zero attached hydrogens (tertiary/aromatic N) is 5. The number of hydrogen-bond acceptors (Lipinski definition) is 7. The van der Waals surface area contributed by atoms with Crippen LogP contribution in [-0.4, -0.2) is 25.8 Å². The average Bonchev–Trinajstić information content (AvgIpc) is 3.61. The first-order valence-corrected chi connectivity index (χ1v) is 12.2. The second-order valence-corrected chi connectivity index (χ2v) is 9.80. The SMILES string of the molecule is CC(C)(C)c1cc(NC(=O)Nc2ccc(Oc3ccnc(-c4cnco4)c3)cc2F)n(-c2ccc(C#N)cc2)n1. The maximum Gasteiger partial charge on any atom is 0.324 e. The molecule has 3 heterocycles. The van der Waals surface area contributed by atoms with Crippen molar-refractivity contribution in [2.75, 3.05) is 10.6 Å². The molecule has 40 heavy (non-hydrogen) atoms. The lowest BCUT2D eigenvalue weighted by Gasteiger charge is -2.14. The van der Waals surface area contributed by atoms with Gasteiger partial charge in [-0.2, -0.15) is 10.4 Å². The molecule has 0 fully saturated rings. The first kappa shape index (κ1) is 26.1. The Morgan fingerprint density at radius 2 is 1.82 bits per heavy atom. The van der Waals surface area contributed by atoms with Crippen molar-refractivity contribution in [3.8, 4) is 34.7 Å². The fraction of sp³-hybridized carbons (Fsp3) is 0.138. The van der Waals surface area contributed by atoms with E-state index in [1.807, 2.05) is 20.8 Å². The summed E-state index contributed by atoms with van der Waals surface area (Å²) < 4.78 is 27.5. The standard InChI is InChI=1S/C29H24FN7O3/c1-29(2,3)26-14-27(37(36-26)19-6-4-18(15-31)5-7-19)35-28(38)34-23-9-8-20(12-22(23)30)40-21-10-11-33-24(13-21)25-16-32-17-39-25/h4-14,16-17H,1-3H3,(H2,34,35,38). The summed E-state index contributed by atoms with van der Waals surface area (Å²) in [5.74, 6) is 0.815. The summed E-state index contributed by atoms with van der Waals surface area (Å²) in [5.41, 5.74) is 2.07. The van der Waals surface area contributed by atoms with Crippen LogP contribution in [0, 0.1) is 17.1 Å². The maximum atomic E-state index is 14.9. The lowest BCUT2D eigenvalue weighted by molar-refractivity contribution is 0.262. The van der Waals surface area contributed by atoms with E-state index < -0.39 is 11.8 Å². The third-order valence-corrected chi connectivity index (χ3v) is 5.80. The first-order valence-electron chi connectivity index (χ1n) is 12.2. The molecule has 3 aromatic heterocycles. The first-order chi connectivity index (χ1) is 19.2. The number of ether oxygens (including phenoxy) is 1. The molecule has 0 radical (unpaired) electrons. The summed E-state index contributed by atoms with van der Waals surface area (Å²) in [6, 6.07) is 17.3. The normalized spacial score (nSPS) is 11.1. The van der Waals surface area contributed by atoms with Gasteiger partial charge in [0, 0.05) is 29.8 Å². The second-order valence-electron chi connectivity index (χ2n) is 9.80. The zero-order valence-corrected chi connectivity index (χ0v) is 21.8. The number of oxazole rings is 1. The molecular weight excluding hydrogens is 513 g/mol. The molecule has 10 nitrogen and oxygen atoms in total. The molecule has 0 aliphatic heterocycles. The Morgan fingerprint density at radius 1 is 1.05 bits per heavy atom. The number of hydrogen-bond donors (Lipinski definition) is 2. The minimum absolute atomic E-state index is 0.0394. The van der Waals surface area contributed by atoms with E-state index in [9.17, 15) is 9.18 Å². The fourth-order valence-corrected chi connectivity index (χ4v) is 3.73. The summed E-state index contributed by atoms with van der Waals surface area (Å²) in [6.07, 6.45) is 4.36. The molecule has 2 amide bonds. The summed E-state index contributed by atoms with van der Waals surface area (Å²) >= 11 is 0. The van der Waals surface area contributed by atoms with Crippen molar-refractivity contribution in [3.63, 3.8) is 0 Å². The lowest BCUT2D eigenvalue weighted by Crippen LogP contribution is -2.22. The van der Waals surface area contributed by atoms with Gasteiger partial charge in [-0.05, 0) is 42.5 Å². The number of urea groups is 1. The summed E-state index contributed by atoms with van der Waals surface area (Å²) in [4.78, 5) is 21.0. The van der Waals surface area contributed by atoms with Crippen LogP contribution in [0.5, 0.6) is 11.5 Å². The van der Waals surface area contributed by atoms with Gasteiger partial charge in [-0.3, -0.25) is 10.3 Å². The van der Waals surface area contributed by atoms with E-state index >= 15 is 0 Å². The number of carbonyl (C=O) groups is 1. The number of pyridine rings is 1. The molecule has 5 aromatic rings. The Labute approximate surface area is 229 Å². The maximum absolute atomic E-state index is 14.9. The van der Waals surface area contributed by atoms with Crippen LogP contribution in [-0.2, 0) is 5.41 Å². The third kappa shape index (κ3) is 5.81. The largest absolute Gasteiger partial charge is 0.457 e. The highest BCUT2D eigenvalue weighted by Crippen LogP contribution is 2.29. The van der Waals surface area contributed by atoms with E-state index in [4.69, 9.17) is 14.4 Å². The van der Waals surface area contributed by atoms with Crippen molar-refractivity contribution in [3.05, 3.63) is 96.5 Å². The predicted octanol–water partition coefficient (Wildman–Crippen LogP) is 6.67. The Morgan fingerprint density at radius 3 is 2.50 bits per heavy atom. The molecule has 0 saturated heterocycles. The Bertz CT molecular complexity index is 1700. The number of rotatable bonds is 6. The average molecular weight is 538 g/mol. The van der Waals surface area contributed by atoms with Crippen LogP contribution in [0.25, 0.3) is 17.1 Å². The molecule has 0 bridgehead atoms. The third-order valence-electron chi connectivity index (χ3n) is 5.80. The van der Waals surface area contributed by atoms with Crippen molar-refractivity contribution in [2.24, 2.45) is 0 Å². The van der Waals surface area contributed by atoms with E-state index in [1.165, 1.54) is 37.0 Å². The number of amides is 2. The van der Waals surface area contributed by atoms with E-state index in [-0.39, 0.29) is 16.9 Å². The zero-order valence-electron chi connectivity index (χ0n) is 21.8. The van der Waals surface area contributed by atoms with Crippen molar-refractivity contribution >= 4 is 17.5 Å². The number of anilines is 2. The van der Waals surface area contributed by atoms with Gasteiger partial charge in [0.2, 0.25) is 0 Å². The van der Waals surface area contributed by atoms with Crippen LogP contribution in [0.1, 0.15) is 32.0 Å². The van der Waals surface area contributed by atoms with Crippen molar-refractivity contribution in [1.29, 1.82) is 5.26 Å². The number of halogens is 1. The van der Waals surface area contributed by atoms with Gasteiger partial charge in [0.05, 0.1) is 34.9 Å². The van der Waals surface area contributed by atoms with Crippen LogP contribution >= 0.6 is 0 Å². The van der Waals surface area contributed by atoms with Gasteiger partial charge < -0.3 is 14.5 Å². The van der Waals surface area contributed by atoms with Gasteiger partial charge in [-0.1, -0.05) is 20.8 Å². The van der Waals surface area contributed by atoms with Crippen molar-refractivity contribution in [2.45, 2.75) is 26.2 Å². The van der Waals surface area contributed by atoms with Gasteiger partial charge in [0.25, 0.3) is 0 Å². The Kier molecular flexibility index (Phi) is 6.99. The molecule has 200 valence electrons. The van der Waals surface area contributed by atoms with Crippen LogP contribution < -0.4 is 15.4 Å². The van der Waals surface area contributed by atoms with Crippen molar-refractivity contribution < 1.29 is 18.3 Å². The summed E-state index contributed by atoms with van der Waals surface area (Å²) in [7, 11) is 0. The minimum atomic E-state index is -0.687. The second kappa shape index (κ2) is 10.7. The topological polar surface area (TPSA) is 131 Å². The molecule has 0 saturated carbocycles. The van der Waals surface area contributed by atoms with Crippen LogP contribution in [0.4, 0.5) is 20.7 Å². The number of nitrogens with one attached hydrogen (secondary N) is 2. The van der Waals surface area contributed by atoms with E-state index in [1.54, 1.807) is 47.1 Å². The summed E-state index contributed by atoms with van der Waals surface area (Å²) in [6.45, 7) is 6.01. The van der Waals surface area contributed by atoms with E-state index in [0.717, 1.165) is 5.69 Å². The highest BCUT2D eigenvalue weighted by Gasteiger charge is 2.22. The van der Waals surface area contributed by atoms with Crippen LogP contribution in [0.2, 0.25) is 0 Å². The molecule has 0 unspecified atom stereocenters. The molecule has 0 spiro atoms. The van der Waals surface area contributed by atoms with Gasteiger partial charge in [-0.15, -0.1) is 0 Å². The van der Waals surface area contributed by atoms with Crippen molar-refractivity contribution in [1.82, 2.24) is 19.7 Å². The summed E-state index contributed by atoms with van der Waals surface area (Å²) in [5, 5.41) is 19.0. The molecule has 0 atom stereocenters. The predicted molar refractivity (Wildman–Crippen MR) is 146 cm³/mol. The highest BCUT2D eigenvalue weighted by atomic mass is 19.1. The van der Waals surface area contributed by atoms with Crippen LogP contribution in [0.3, 0.4) is 0 Å². The molecular formula is C29H24FN7O3. The van der Waals surface area contributed by atoms with E-state index in [2.05, 4.69) is 31.8 Å². The van der Waals surface area contributed by atoms with Crippen LogP contribution in [0.15, 0.2) is 83.9 Å². The van der Waals surface area contributed by atoms with E-state index in [0.29, 0.717) is 34.3 Å². The number of benzene rings is 2. The molecule has 0 aliphatic carbocycles. The number of carbonyl (C=O) groups excluding carboxylic acids is 1. The van der Waals surface area contributed by atoms with Gasteiger partial charge in [-0.25, -0.2) is 18.9 Å². The number of nitriles is 1. The highest BCUT2D eigenvalue weighted by molar-refractivity contribution is 5.99. The number of aromatic nitrogens is 4. The minimum Gasteiger partial charge on any atom is -0.457 e. The molecule has 2 N–H and O–H groups in total. The molecule has 2 aromatic carbocycles. The monoisotopic (exact) mass is 537 g/mol. The molecule has 5 rings (SSSR count). The van der Waals surface area contributed by atoms with Gasteiger partial charge in [0.1, 0.15) is 28.8 Å². The lowest BCUT2D eigenvalue weighted by atomic mass is 9.92. The Balaban J connectivity index is 1.31. The Hall–Kier alpha value is -5.50. The quantitative estimate of drug-likeness (QED) is 0.247. The van der Waals surface area contributed by atoms with Gasteiger partial charge in [0.15, 0.2) is 12.2 Å². The fourth-order valence-electron chi connectivity index (χ4n) is 3.73.